The number of hydrogen-bond acceptors (Lipinski definition) is 6. The van der Waals surface area contributed by atoms with E-state index in [0.29, 0.717) is 6.54 Å². The Hall–Kier alpha value is -1.84. The molecule has 0 saturated carbocycles. The van der Waals surface area contributed by atoms with Crippen molar-refractivity contribution in [2.45, 2.75) is 38.3 Å². The smallest absolute Gasteiger partial charge is 0.311 e. The standard InChI is InChI=1S/C17H24N4O3S2/c1-12-6-8-13(9-7-12)14-5-3-4-10-21(14)15(11-19-26(23)24)16(22)20-17(25)18-2/h6-9,14-15H,3-5,10-11H2,1-2H3,(H2,18,20,22,25). The fourth-order valence-electron chi connectivity index (χ4n) is 3.20. The largest absolute Gasteiger partial charge is 0.365 e. The van der Waals surface area contributed by atoms with E-state index in [1.54, 1.807) is 7.05 Å². The van der Waals surface area contributed by atoms with Crippen LogP contribution in [0.15, 0.2) is 28.6 Å². The Balaban J connectivity index is 2.31. The summed E-state index contributed by atoms with van der Waals surface area (Å²) in [6.45, 7) is 2.60. The van der Waals surface area contributed by atoms with Gasteiger partial charge in [-0.3, -0.25) is 9.69 Å². The minimum atomic E-state index is -2.56. The molecule has 1 heterocycles. The van der Waals surface area contributed by atoms with Crippen molar-refractivity contribution in [1.29, 1.82) is 0 Å². The lowest BCUT2D eigenvalue weighted by molar-refractivity contribution is -0.126. The van der Waals surface area contributed by atoms with Gasteiger partial charge < -0.3 is 10.6 Å². The Morgan fingerprint density at radius 2 is 2.04 bits per heavy atom. The molecule has 1 aliphatic rings. The van der Waals surface area contributed by atoms with Crippen molar-refractivity contribution in [3.8, 4) is 0 Å². The van der Waals surface area contributed by atoms with Gasteiger partial charge in [-0.15, -0.1) is 0 Å². The van der Waals surface area contributed by atoms with Crippen molar-refractivity contribution >= 4 is 33.7 Å². The maximum absolute atomic E-state index is 12.7. The van der Waals surface area contributed by atoms with Crippen molar-refractivity contribution in [2.75, 3.05) is 20.1 Å². The van der Waals surface area contributed by atoms with Crippen molar-refractivity contribution in [2.24, 2.45) is 4.36 Å². The molecule has 1 aromatic rings. The molecule has 1 aromatic carbocycles. The fraction of sp³-hybridized carbons (Fsp3) is 0.529. The number of likely N-dealkylation sites (tertiary alicyclic amines) is 1. The molecular formula is C17H24N4O3S2. The predicted octanol–water partition coefficient (Wildman–Crippen LogP) is 1.57. The topological polar surface area (TPSA) is 90.9 Å². The first-order chi connectivity index (χ1) is 12.4. The molecule has 1 aliphatic heterocycles. The Morgan fingerprint density at radius 1 is 1.35 bits per heavy atom. The molecule has 2 N–H and O–H groups in total. The summed E-state index contributed by atoms with van der Waals surface area (Å²) in [5.41, 5.74) is 2.29. The zero-order chi connectivity index (χ0) is 19.1. The first-order valence-electron chi connectivity index (χ1n) is 8.54. The van der Waals surface area contributed by atoms with Crippen molar-refractivity contribution in [3.05, 3.63) is 35.4 Å². The van der Waals surface area contributed by atoms with E-state index in [1.165, 1.54) is 5.56 Å². The highest BCUT2D eigenvalue weighted by Gasteiger charge is 2.34. The van der Waals surface area contributed by atoms with E-state index < -0.39 is 16.5 Å². The molecular weight excluding hydrogens is 372 g/mol. The van der Waals surface area contributed by atoms with Crippen LogP contribution in [-0.4, -0.2) is 50.5 Å². The molecule has 0 aliphatic carbocycles. The van der Waals surface area contributed by atoms with Gasteiger partial charge >= 0.3 is 10.5 Å². The number of thiocarbonyl (C=S) groups is 1. The number of carbonyl (C=O) groups is 1. The molecule has 0 radical (unpaired) electrons. The van der Waals surface area contributed by atoms with Gasteiger partial charge in [0.15, 0.2) is 5.11 Å². The summed E-state index contributed by atoms with van der Waals surface area (Å²) in [4.78, 5) is 14.8. The lowest BCUT2D eigenvalue weighted by Crippen LogP contribution is -2.53. The maximum atomic E-state index is 12.7. The summed E-state index contributed by atoms with van der Waals surface area (Å²) in [6.07, 6.45) is 2.91. The number of aryl methyl sites for hydroxylation is 1. The minimum absolute atomic E-state index is 0.0403. The number of hydrogen-bond donors (Lipinski definition) is 2. The van der Waals surface area contributed by atoms with E-state index in [1.807, 2.05) is 24.0 Å². The van der Waals surface area contributed by atoms with Crippen LogP contribution in [0.2, 0.25) is 0 Å². The first-order valence-corrected chi connectivity index (χ1v) is 9.98. The van der Waals surface area contributed by atoms with Crippen LogP contribution in [0.25, 0.3) is 0 Å². The van der Waals surface area contributed by atoms with Gasteiger partial charge in [0.2, 0.25) is 5.91 Å². The van der Waals surface area contributed by atoms with Gasteiger partial charge in [-0.25, -0.2) is 0 Å². The van der Waals surface area contributed by atoms with Gasteiger partial charge in [0.1, 0.15) is 6.04 Å². The van der Waals surface area contributed by atoms with Crippen LogP contribution < -0.4 is 10.6 Å². The predicted molar refractivity (Wildman–Crippen MR) is 104 cm³/mol. The third kappa shape index (κ3) is 5.58. The van der Waals surface area contributed by atoms with E-state index in [2.05, 4.69) is 27.1 Å². The van der Waals surface area contributed by atoms with Crippen LogP contribution in [0, 0.1) is 6.92 Å². The SMILES string of the molecule is CNC(=S)NC(=O)C(CN=S(=O)=O)N1CCCCC1c1ccc(C)cc1. The lowest BCUT2D eigenvalue weighted by atomic mass is 9.93. The van der Waals surface area contributed by atoms with Crippen LogP contribution in [-0.2, 0) is 15.3 Å². The summed E-state index contributed by atoms with van der Waals surface area (Å²) in [5.74, 6) is -0.349. The molecule has 7 nitrogen and oxygen atoms in total. The van der Waals surface area contributed by atoms with Crippen molar-refractivity contribution < 1.29 is 13.2 Å². The molecule has 9 heteroatoms. The zero-order valence-electron chi connectivity index (χ0n) is 14.9. The summed E-state index contributed by atoms with van der Waals surface area (Å²) >= 11 is 5.01. The number of rotatable bonds is 5. The van der Waals surface area contributed by atoms with E-state index in [9.17, 15) is 13.2 Å². The highest BCUT2D eigenvalue weighted by atomic mass is 32.2. The van der Waals surface area contributed by atoms with Gasteiger partial charge in [0.05, 0.1) is 6.54 Å². The highest BCUT2D eigenvalue weighted by molar-refractivity contribution is 7.80. The Kier molecular flexibility index (Phi) is 7.67. The molecule has 0 aromatic heterocycles. The molecule has 1 fully saturated rings. The van der Waals surface area contributed by atoms with Gasteiger partial charge in [-0.05, 0) is 44.1 Å². The number of piperidine rings is 1. The molecule has 2 atom stereocenters. The number of carbonyl (C=O) groups excluding carboxylic acids is 1. The molecule has 1 amide bonds. The van der Waals surface area contributed by atoms with Gasteiger partial charge in [0.25, 0.3) is 0 Å². The summed E-state index contributed by atoms with van der Waals surface area (Å²) in [5, 5.41) is 5.51. The van der Waals surface area contributed by atoms with Crippen LogP contribution in [0.5, 0.6) is 0 Å². The zero-order valence-corrected chi connectivity index (χ0v) is 16.6. The van der Waals surface area contributed by atoms with Gasteiger partial charge in [-0.1, -0.05) is 36.2 Å². The average Bonchev–Trinajstić information content (AvgIpc) is 2.62. The van der Waals surface area contributed by atoms with Crippen molar-refractivity contribution in [3.63, 3.8) is 0 Å². The molecule has 0 bridgehead atoms. The summed E-state index contributed by atoms with van der Waals surface area (Å²) < 4.78 is 25.4. The maximum Gasteiger partial charge on any atom is 0.311 e. The number of nitrogens with zero attached hydrogens (tertiary/aromatic N) is 2. The number of nitrogens with one attached hydrogen (secondary N) is 2. The molecule has 2 rings (SSSR count). The first kappa shape index (κ1) is 20.5. The van der Waals surface area contributed by atoms with Crippen molar-refractivity contribution in [1.82, 2.24) is 15.5 Å². The van der Waals surface area contributed by atoms with Gasteiger partial charge in [-0.2, -0.15) is 12.8 Å². The molecule has 2 unspecified atom stereocenters. The third-order valence-electron chi connectivity index (χ3n) is 4.53. The lowest BCUT2D eigenvalue weighted by Gasteiger charge is -2.40. The fourth-order valence-corrected chi connectivity index (χ4v) is 3.56. The summed E-state index contributed by atoms with van der Waals surface area (Å²) in [7, 11) is -0.945. The van der Waals surface area contributed by atoms with E-state index >= 15 is 0 Å². The second kappa shape index (κ2) is 9.75. The van der Waals surface area contributed by atoms with E-state index in [-0.39, 0.29) is 23.6 Å². The molecule has 142 valence electrons. The van der Waals surface area contributed by atoms with Crippen LogP contribution in [0.4, 0.5) is 0 Å². The van der Waals surface area contributed by atoms with Gasteiger partial charge in [0, 0.05) is 13.1 Å². The summed E-state index contributed by atoms with van der Waals surface area (Å²) in [6, 6.07) is 7.56. The Bertz CT molecular complexity index is 770. The monoisotopic (exact) mass is 396 g/mol. The number of amides is 1. The normalized spacial score (nSPS) is 18.6. The van der Waals surface area contributed by atoms with Crippen LogP contribution in [0.1, 0.15) is 36.4 Å². The second-order valence-electron chi connectivity index (χ2n) is 6.27. The molecule has 0 spiro atoms. The Labute approximate surface area is 160 Å². The van der Waals surface area contributed by atoms with Crippen LogP contribution >= 0.6 is 12.2 Å². The Morgan fingerprint density at radius 3 is 2.65 bits per heavy atom. The van der Waals surface area contributed by atoms with Crippen LogP contribution in [0.3, 0.4) is 0 Å². The number of benzene rings is 1. The molecule has 1 saturated heterocycles. The average molecular weight is 397 g/mol. The molecule has 26 heavy (non-hydrogen) atoms. The van der Waals surface area contributed by atoms with E-state index in [0.717, 1.165) is 24.8 Å². The second-order valence-corrected chi connectivity index (χ2v) is 7.37. The van der Waals surface area contributed by atoms with E-state index in [4.69, 9.17) is 12.2 Å². The minimum Gasteiger partial charge on any atom is -0.365 e. The highest BCUT2D eigenvalue weighted by Crippen LogP contribution is 2.32. The third-order valence-corrected chi connectivity index (χ3v) is 5.19. The quantitative estimate of drug-likeness (QED) is 0.735.